The van der Waals surface area contributed by atoms with E-state index in [2.05, 4.69) is 68.6 Å². The molecule has 0 saturated heterocycles. The van der Waals surface area contributed by atoms with Gasteiger partial charge in [-0.25, -0.2) is 0 Å². The summed E-state index contributed by atoms with van der Waals surface area (Å²) in [7, 11) is 2.19. The molecule has 2 atom stereocenters. The van der Waals surface area contributed by atoms with Crippen LogP contribution in [0.15, 0.2) is 24.3 Å². The number of nitrogens with one attached hydrogen (secondary N) is 1. The summed E-state index contributed by atoms with van der Waals surface area (Å²) in [6, 6.07) is 9.96. The monoisotopic (exact) mass is 280 g/mol. The van der Waals surface area contributed by atoms with E-state index in [9.17, 15) is 0 Å². The van der Waals surface area contributed by atoms with Crippen molar-refractivity contribution < 1.29 is 0 Å². The third kappa shape index (κ3) is 5.07. The van der Waals surface area contributed by atoms with Crippen molar-refractivity contribution in [2.24, 2.45) is 0 Å². The maximum atomic E-state index is 3.44. The number of hydrogen-bond donors (Lipinski definition) is 1. The van der Waals surface area contributed by atoms with Crippen LogP contribution in [0.1, 0.15) is 38.8 Å². The topological polar surface area (TPSA) is 15.3 Å². The standard InChI is InChI=1S/C16H28N2S/c1-6-17-14(3)15-7-9-16(10-8-15)18(4)13(2)11-12-19-5/h7-10,13-14,17H,6,11-12H2,1-5H3. The minimum Gasteiger partial charge on any atom is -0.372 e. The van der Waals surface area contributed by atoms with Gasteiger partial charge in [-0.2, -0.15) is 11.8 Å². The highest BCUT2D eigenvalue weighted by molar-refractivity contribution is 7.98. The van der Waals surface area contributed by atoms with E-state index in [0.29, 0.717) is 12.1 Å². The average Bonchev–Trinajstić information content (AvgIpc) is 2.44. The van der Waals surface area contributed by atoms with Crippen LogP contribution < -0.4 is 10.2 Å². The summed E-state index contributed by atoms with van der Waals surface area (Å²) in [6.45, 7) is 7.66. The number of benzene rings is 1. The van der Waals surface area contributed by atoms with Gasteiger partial charge in [0.2, 0.25) is 0 Å². The van der Waals surface area contributed by atoms with Gasteiger partial charge in [-0.15, -0.1) is 0 Å². The number of rotatable bonds is 8. The molecule has 0 bridgehead atoms. The Morgan fingerprint density at radius 1 is 1.21 bits per heavy atom. The summed E-state index contributed by atoms with van der Waals surface area (Å²) in [5, 5.41) is 3.44. The molecular formula is C16H28N2S. The summed E-state index contributed by atoms with van der Waals surface area (Å²) in [5.74, 6) is 1.22. The first-order valence-electron chi connectivity index (χ1n) is 7.15. The first-order valence-corrected chi connectivity index (χ1v) is 8.54. The van der Waals surface area contributed by atoms with E-state index in [4.69, 9.17) is 0 Å². The zero-order valence-electron chi connectivity index (χ0n) is 12.9. The molecule has 0 spiro atoms. The fourth-order valence-corrected chi connectivity index (χ4v) is 2.74. The van der Waals surface area contributed by atoms with E-state index in [1.54, 1.807) is 0 Å². The summed E-state index contributed by atoms with van der Waals surface area (Å²) in [6.07, 6.45) is 3.40. The number of hydrogen-bond acceptors (Lipinski definition) is 3. The van der Waals surface area contributed by atoms with Gasteiger partial charge in [0.15, 0.2) is 0 Å². The quantitative estimate of drug-likeness (QED) is 0.776. The zero-order chi connectivity index (χ0) is 14.3. The Morgan fingerprint density at radius 2 is 1.84 bits per heavy atom. The van der Waals surface area contributed by atoms with Gasteiger partial charge in [-0.3, -0.25) is 0 Å². The first-order chi connectivity index (χ1) is 9.10. The lowest BCUT2D eigenvalue weighted by Gasteiger charge is -2.27. The zero-order valence-corrected chi connectivity index (χ0v) is 13.8. The van der Waals surface area contributed by atoms with Crippen molar-refractivity contribution in [3.8, 4) is 0 Å². The van der Waals surface area contributed by atoms with E-state index < -0.39 is 0 Å². The molecule has 108 valence electrons. The molecule has 3 heteroatoms. The van der Waals surface area contributed by atoms with Gasteiger partial charge in [0.05, 0.1) is 0 Å². The lowest BCUT2D eigenvalue weighted by Crippen LogP contribution is -2.29. The lowest BCUT2D eigenvalue weighted by molar-refractivity contribution is 0.598. The van der Waals surface area contributed by atoms with Crippen molar-refractivity contribution >= 4 is 17.4 Å². The molecule has 2 nitrogen and oxygen atoms in total. The fraction of sp³-hybridized carbons (Fsp3) is 0.625. The maximum absolute atomic E-state index is 3.44. The van der Waals surface area contributed by atoms with E-state index in [1.807, 2.05) is 11.8 Å². The molecule has 1 rings (SSSR count). The second kappa shape index (κ2) is 8.49. The third-order valence-electron chi connectivity index (χ3n) is 3.71. The second-order valence-corrected chi connectivity index (χ2v) is 6.10. The summed E-state index contributed by atoms with van der Waals surface area (Å²) in [4.78, 5) is 2.37. The van der Waals surface area contributed by atoms with Crippen LogP contribution in [0.2, 0.25) is 0 Å². The van der Waals surface area contributed by atoms with Crippen molar-refractivity contribution in [1.82, 2.24) is 5.32 Å². The van der Waals surface area contributed by atoms with Gasteiger partial charge in [0.25, 0.3) is 0 Å². The minimum absolute atomic E-state index is 0.429. The molecule has 0 aliphatic carbocycles. The SMILES string of the molecule is CCNC(C)c1ccc(N(C)C(C)CCSC)cc1. The molecule has 0 heterocycles. The Labute approximate surface area is 123 Å². The van der Waals surface area contributed by atoms with Crippen molar-refractivity contribution in [3.05, 3.63) is 29.8 Å². The number of nitrogens with zero attached hydrogens (tertiary/aromatic N) is 1. The smallest absolute Gasteiger partial charge is 0.0366 e. The van der Waals surface area contributed by atoms with Crippen LogP contribution in [-0.2, 0) is 0 Å². The molecule has 1 N–H and O–H groups in total. The predicted molar refractivity (Wildman–Crippen MR) is 89.4 cm³/mol. The molecule has 0 saturated carbocycles. The van der Waals surface area contributed by atoms with Gasteiger partial charge in [-0.05, 0) is 56.5 Å². The number of anilines is 1. The largest absolute Gasteiger partial charge is 0.372 e. The van der Waals surface area contributed by atoms with Crippen LogP contribution in [-0.4, -0.2) is 31.6 Å². The molecule has 1 aromatic carbocycles. The molecular weight excluding hydrogens is 252 g/mol. The Kier molecular flexibility index (Phi) is 7.32. The summed E-state index contributed by atoms with van der Waals surface area (Å²) >= 11 is 1.92. The normalized spacial score (nSPS) is 14.2. The maximum Gasteiger partial charge on any atom is 0.0366 e. The van der Waals surface area contributed by atoms with Crippen molar-refractivity contribution in [2.75, 3.05) is 30.5 Å². The van der Waals surface area contributed by atoms with Crippen LogP contribution in [0.3, 0.4) is 0 Å². The lowest BCUT2D eigenvalue weighted by atomic mass is 10.1. The van der Waals surface area contributed by atoms with E-state index in [0.717, 1.165) is 6.54 Å². The highest BCUT2D eigenvalue weighted by Gasteiger charge is 2.10. The third-order valence-corrected chi connectivity index (χ3v) is 4.36. The van der Waals surface area contributed by atoms with E-state index in [-0.39, 0.29) is 0 Å². The molecule has 1 aromatic rings. The van der Waals surface area contributed by atoms with Gasteiger partial charge in [-0.1, -0.05) is 19.1 Å². The van der Waals surface area contributed by atoms with Crippen LogP contribution in [0.4, 0.5) is 5.69 Å². The Balaban J connectivity index is 2.64. The molecule has 0 amide bonds. The molecule has 0 aromatic heterocycles. The molecule has 0 radical (unpaired) electrons. The molecule has 2 unspecified atom stereocenters. The highest BCUT2D eigenvalue weighted by Crippen LogP contribution is 2.21. The van der Waals surface area contributed by atoms with Crippen molar-refractivity contribution in [2.45, 2.75) is 39.3 Å². The predicted octanol–water partition coefficient (Wildman–Crippen LogP) is 3.93. The fourth-order valence-electron chi connectivity index (χ4n) is 2.16. The van der Waals surface area contributed by atoms with Crippen molar-refractivity contribution in [1.29, 1.82) is 0 Å². The first kappa shape index (κ1) is 16.4. The summed E-state index contributed by atoms with van der Waals surface area (Å²) < 4.78 is 0. The van der Waals surface area contributed by atoms with Gasteiger partial charge < -0.3 is 10.2 Å². The van der Waals surface area contributed by atoms with Crippen LogP contribution in [0.25, 0.3) is 0 Å². The van der Waals surface area contributed by atoms with Crippen LogP contribution in [0.5, 0.6) is 0 Å². The molecule has 0 fully saturated rings. The van der Waals surface area contributed by atoms with Crippen LogP contribution >= 0.6 is 11.8 Å². The molecule has 0 aliphatic rings. The van der Waals surface area contributed by atoms with E-state index in [1.165, 1.54) is 23.4 Å². The molecule has 0 aliphatic heterocycles. The number of thioether (sulfide) groups is 1. The Morgan fingerprint density at radius 3 is 2.37 bits per heavy atom. The van der Waals surface area contributed by atoms with Crippen LogP contribution in [0, 0.1) is 0 Å². The van der Waals surface area contributed by atoms with Gasteiger partial charge >= 0.3 is 0 Å². The van der Waals surface area contributed by atoms with Gasteiger partial charge in [0.1, 0.15) is 0 Å². The summed E-state index contributed by atoms with van der Waals surface area (Å²) in [5.41, 5.74) is 2.66. The van der Waals surface area contributed by atoms with Gasteiger partial charge in [0, 0.05) is 24.8 Å². The Bertz CT molecular complexity index is 350. The molecule has 19 heavy (non-hydrogen) atoms. The van der Waals surface area contributed by atoms with E-state index >= 15 is 0 Å². The Hall–Kier alpha value is -0.670. The minimum atomic E-state index is 0.429. The highest BCUT2D eigenvalue weighted by atomic mass is 32.2. The van der Waals surface area contributed by atoms with Crippen molar-refractivity contribution in [3.63, 3.8) is 0 Å². The second-order valence-electron chi connectivity index (χ2n) is 5.11. The average molecular weight is 280 g/mol.